The summed E-state index contributed by atoms with van der Waals surface area (Å²) in [6.45, 7) is 4.85. The maximum absolute atomic E-state index is 11.2. The van der Waals surface area contributed by atoms with Crippen molar-refractivity contribution >= 4 is 11.8 Å². The lowest BCUT2D eigenvalue weighted by Gasteiger charge is -2.28. The van der Waals surface area contributed by atoms with E-state index in [2.05, 4.69) is 11.9 Å². The Hall–Kier alpha value is -1.62. The molecule has 0 amide bonds. The first-order valence-corrected chi connectivity index (χ1v) is 7.11. The lowest BCUT2D eigenvalue weighted by molar-refractivity contribution is 0.0696. The Bertz CT molecular complexity index is 490. The van der Waals surface area contributed by atoms with Gasteiger partial charge in [-0.2, -0.15) is 0 Å². The molecule has 1 fully saturated rings. The number of aryl methyl sites for hydroxylation is 1. The fraction of sp³-hybridized carbons (Fsp3) is 0.600. The number of anilines is 1. The van der Waals surface area contributed by atoms with E-state index in [0.717, 1.165) is 37.4 Å². The van der Waals surface area contributed by atoms with Crippen molar-refractivity contribution in [3.8, 4) is 0 Å². The maximum atomic E-state index is 11.2. The molecule has 0 aliphatic carbocycles. The quantitative estimate of drug-likeness (QED) is 0.895. The minimum atomic E-state index is -0.907. The molecular weight excluding hydrogens is 256 g/mol. The molecule has 5 nitrogen and oxygen atoms in total. The Morgan fingerprint density at radius 2 is 2.30 bits per heavy atom. The lowest BCUT2D eigenvalue weighted by atomic mass is 10.1. The van der Waals surface area contributed by atoms with Crippen molar-refractivity contribution in [1.29, 1.82) is 0 Å². The largest absolute Gasteiger partial charge is 0.478 e. The highest BCUT2D eigenvalue weighted by Gasteiger charge is 2.29. The van der Waals surface area contributed by atoms with E-state index in [-0.39, 0.29) is 12.1 Å². The summed E-state index contributed by atoms with van der Waals surface area (Å²) in [4.78, 5) is 17.9. The smallest absolute Gasteiger partial charge is 0.335 e. The van der Waals surface area contributed by atoms with Gasteiger partial charge in [-0.05, 0) is 31.9 Å². The van der Waals surface area contributed by atoms with Crippen molar-refractivity contribution in [3.05, 3.63) is 23.4 Å². The van der Waals surface area contributed by atoms with Gasteiger partial charge in [-0.15, -0.1) is 0 Å². The number of rotatable bonds is 5. The Balaban J connectivity index is 2.31. The molecule has 0 radical (unpaired) electrons. The highest BCUT2D eigenvalue weighted by molar-refractivity contribution is 5.88. The van der Waals surface area contributed by atoms with E-state index in [1.807, 2.05) is 18.9 Å². The lowest BCUT2D eigenvalue weighted by Crippen LogP contribution is -2.37. The molecule has 2 heterocycles. The van der Waals surface area contributed by atoms with Crippen LogP contribution in [0.15, 0.2) is 12.1 Å². The third-order valence-electron chi connectivity index (χ3n) is 3.81. The van der Waals surface area contributed by atoms with Gasteiger partial charge in [0, 0.05) is 19.3 Å². The van der Waals surface area contributed by atoms with E-state index in [9.17, 15) is 9.90 Å². The Kier molecular flexibility index (Phi) is 4.60. The summed E-state index contributed by atoms with van der Waals surface area (Å²) in [6.07, 6.45) is 2.82. The molecule has 20 heavy (non-hydrogen) atoms. The van der Waals surface area contributed by atoms with Crippen LogP contribution in [0.25, 0.3) is 0 Å². The molecule has 0 bridgehead atoms. The average Bonchev–Trinajstić information content (AvgIpc) is 2.84. The van der Waals surface area contributed by atoms with Crippen molar-refractivity contribution < 1.29 is 14.6 Å². The fourth-order valence-corrected chi connectivity index (χ4v) is 2.66. The number of carbonyl (C=O) groups is 1. The van der Waals surface area contributed by atoms with E-state index in [1.165, 1.54) is 0 Å². The van der Waals surface area contributed by atoms with E-state index >= 15 is 0 Å². The molecule has 110 valence electrons. The monoisotopic (exact) mass is 278 g/mol. The molecule has 2 unspecified atom stereocenters. The highest BCUT2D eigenvalue weighted by atomic mass is 16.5. The van der Waals surface area contributed by atoms with Crippen molar-refractivity contribution in [2.24, 2.45) is 0 Å². The molecule has 2 atom stereocenters. The molecule has 1 aromatic rings. The third-order valence-corrected chi connectivity index (χ3v) is 3.81. The second kappa shape index (κ2) is 6.22. The number of ether oxygens (including phenoxy) is 1. The van der Waals surface area contributed by atoms with Gasteiger partial charge in [0.25, 0.3) is 0 Å². The topological polar surface area (TPSA) is 62.7 Å². The summed E-state index contributed by atoms with van der Waals surface area (Å²) in [5.74, 6) is -0.189. The molecule has 0 saturated carbocycles. The Morgan fingerprint density at radius 3 is 2.85 bits per heavy atom. The van der Waals surface area contributed by atoms with Gasteiger partial charge in [-0.3, -0.25) is 0 Å². The third kappa shape index (κ3) is 3.10. The summed E-state index contributed by atoms with van der Waals surface area (Å²) >= 11 is 0. The Labute approximate surface area is 119 Å². The number of carboxylic acid groups (broad SMARTS) is 1. The normalized spacial score (nSPS) is 21.9. The van der Waals surface area contributed by atoms with Crippen molar-refractivity contribution in [3.63, 3.8) is 0 Å². The van der Waals surface area contributed by atoms with Crippen LogP contribution >= 0.6 is 0 Å². The zero-order valence-electron chi connectivity index (χ0n) is 12.3. The van der Waals surface area contributed by atoms with Gasteiger partial charge in [0.1, 0.15) is 5.82 Å². The van der Waals surface area contributed by atoms with Gasteiger partial charge < -0.3 is 14.7 Å². The summed E-state index contributed by atoms with van der Waals surface area (Å²) in [5, 5.41) is 9.23. The van der Waals surface area contributed by atoms with Crippen LogP contribution in [0, 0.1) is 0 Å². The van der Waals surface area contributed by atoms with E-state index in [4.69, 9.17) is 4.74 Å². The van der Waals surface area contributed by atoms with Crippen LogP contribution in [0.1, 0.15) is 42.7 Å². The molecule has 0 aromatic carbocycles. The highest BCUT2D eigenvalue weighted by Crippen LogP contribution is 2.24. The first-order chi connectivity index (χ1) is 9.52. The van der Waals surface area contributed by atoms with Gasteiger partial charge in [-0.25, -0.2) is 9.78 Å². The Morgan fingerprint density at radius 1 is 1.55 bits per heavy atom. The molecular formula is C15H22N2O3. The molecule has 1 N–H and O–H groups in total. The predicted molar refractivity (Wildman–Crippen MR) is 77.4 cm³/mol. The first kappa shape index (κ1) is 14.8. The summed E-state index contributed by atoms with van der Waals surface area (Å²) in [6, 6.07) is 3.56. The summed E-state index contributed by atoms with van der Waals surface area (Å²) in [5.41, 5.74) is 1.14. The second-order valence-corrected chi connectivity index (χ2v) is 5.30. The SMILES string of the molecule is CCCc1cc(C(=O)O)cc(N(C)C2CCOC2C)n1. The van der Waals surface area contributed by atoms with E-state index in [1.54, 1.807) is 12.1 Å². The standard InChI is InChI=1S/C15H22N2O3/c1-4-5-12-8-11(15(18)19)9-14(16-12)17(3)13-6-7-20-10(13)2/h8-10,13H,4-7H2,1-3H3,(H,18,19). The average molecular weight is 278 g/mol. The maximum Gasteiger partial charge on any atom is 0.335 e. The molecule has 0 spiro atoms. The van der Waals surface area contributed by atoms with Crippen molar-refractivity contribution in [2.75, 3.05) is 18.6 Å². The molecule has 1 aliphatic rings. The first-order valence-electron chi connectivity index (χ1n) is 7.11. The van der Waals surface area contributed by atoms with E-state index in [0.29, 0.717) is 5.56 Å². The summed E-state index contributed by atoms with van der Waals surface area (Å²) < 4.78 is 5.58. The van der Waals surface area contributed by atoms with E-state index < -0.39 is 5.97 Å². The predicted octanol–water partition coefficient (Wildman–Crippen LogP) is 2.35. The number of carboxylic acids is 1. The number of pyridine rings is 1. The van der Waals surface area contributed by atoms with Crippen molar-refractivity contribution in [1.82, 2.24) is 4.98 Å². The van der Waals surface area contributed by atoms with Crippen LogP contribution < -0.4 is 4.90 Å². The van der Waals surface area contributed by atoms with Crippen molar-refractivity contribution in [2.45, 2.75) is 45.3 Å². The van der Waals surface area contributed by atoms with Gasteiger partial charge in [0.05, 0.1) is 17.7 Å². The summed E-state index contributed by atoms with van der Waals surface area (Å²) in [7, 11) is 1.96. The number of nitrogens with zero attached hydrogens (tertiary/aromatic N) is 2. The van der Waals surface area contributed by atoms with Gasteiger partial charge in [-0.1, -0.05) is 13.3 Å². The van der Waals surface area contributed by atoms with Crippen LogP contribution in [0.5, 0.6) is 0 Å². The molecule has 5 heteroatoms. The van der Waals surface area contributed by atoms with Crippen LogP contribution in [0.2, 0.25) is 0 Å². The number of hydrogen-bond donors (Lipinski definition) is 1. The minimum Gasteiger partial charge on any atom is -0.478 e. The van der Waals surface area contributed by atoms with Crippen LogP contribution in [0.4, 0.5) is 5.82 Å². The fourth-order valence-electron chi connectivity index (χ4n) is 2.66. The van der Waals surface area contributed by atoms with Crippen LogP contribution in [0.3, 0.4) is 0 Å². The number of aromatic carboxylic acids is 1. The molecule has 1 saturated heterocycles. The van der Waals surface area contributed by atoms with Gasteiger partial charge in [0.15, 0.2) is 0 Å². The van der Waals surface area contributed by atoms with Crippen LogP contribution in [-0.4, -0.2) is 41.9 Å². The number of hydrogen-bond acceptors (Lipinski definition) is 4. The number of likely N-dealkylation sites (N-methyl/N-ethyl adjacent to an activating group) is 1. The molecule has 1 aliphatic heterocycles. The number of aromatic nitrogens is 1. The zero-order chi connectivity index (χ0) is 14.7. The minimum absolute atomic E-state index is 0.143. The van der Waals surface area contributed by atoms with Crippen LogP contribution in [-0.2, 0) is 11.2 Å². The molecule has 1 aromatic heterocycles. The molecule has 2 rings (SSSR count). The van der Waals surface area contributed by atoms with Gasteiger partial charge in [0.2, 0.25) is 0 Å². The zero-order valence-corrected chi connectivity index (χ0v) is 12.3. The second-order valence-electron chi connectivity index (χ2n) is 5.30. The van der Waals surface area contributed by atoms with Gasteiger partial charge >= 0.3 is 5.97 Å².